The lowest BCUT2D eigenvalue weighted by molar-refractivity contribution is -0.384. The minimum atomic E-state index is -0.474. The van der Waals surface area contributed by atoms with Gasteiger partial charge in [-0.25, -0.2) is 0 Å². The molecule has 0 bridgehead atoms. The van der Waals surface area contributed by atoms with Gasteiger partial charge in [-0.05, 0) is 37.9 Å². The molecule has 1 amide bonds. The number of non-ortho nitro benzene ring substituents is 1. The third-order valence-electron chi connectivity index (χ3n) is 3.89. The summed E-state index contributed by atoms with van der Waals surface area (Å²) in [6.45, 7) is 0.668. The minimum Gasteiger partial charge on any atom is -0.392 e. The lowest BCUT2D eigenvalue weighted by atomic mass is 10.2. The van der Waals surface area contributed by atoms with E-state index in [0.29, 0.717) is 18.2 Å². The summed E-state index contributed by atoms with van der Waals surface area (Å²) < 4.78 is 0. The van der Waals surface area contributed by atoms with Crippen molar-refractivity contribution in [1.82, 2.24) is 4.90 Å². The summed E-state index contributed by atoms with van der Waals surface area (Å²) in [6, 6.07) is 5.85. The van der Waals surface area contributed by atoms with Crippen molar-refractivity contribution in [3.8, 4) is 0 Å². The second kappa shape index (κ2) is 6.85. The molecular formula is C15H21N3O4. The van der Waals surface area contributed by atoms with E-state index in [1.165, 1.54) is 17.0 Å². The molecule has 0 aliphatic heterocycles. The molecule has 7 nitrogen and oxygen atoms in total. The number of rotatable bonds is 7. The Bertz CT molecular complexity index is 542. The number of likely N-dealkylation sites (N-methyl/N-ethyl adjacent to an activating group) is 2. The fourth-order valence-electron chi connectivity index (χ4n) is 2.29. The highest BCUT2D eigenvalue weighted by Gasteiger charge is 2.30. The van der Waals surface area contributed by atoms with E-state index in [0.717, 1.165) is 12.8 Å². The molecule has 1 aliphatic rings. The van der Waals surface area contributed by atoms with Crippen LogP contribution < -0.4 is 4.90 Å². The molecule has 1 aromatic carbocycles. The lowest BCUT2D eigenvalue weighted by Gasteiger charge is -2.23. The number of anilines is 1. The van der Waals surface area contributed by atoms with Crippen LogP contribution in [0.2, 0.25) is 0 Å². The zero-order chi connectivity index (χ0) is 16.3. The lowest BCUT2D eigenvalue weighted by Crippen LogP contribution is -2.40. The summed E-state index contributed by atoms with van der Waals surface area (Å²) in [6.07, 6.45) is 1.75. The Hall–Kier alpha value is -1.99. The summed E-state index contributed by atoms with van der Waals surface area (Å²) in [5.74, 6) is 0.254. The van der Waals surface area contributed by atoms with Crippen molar-refractivity contribution in [2.75, 3.05) is 32.1 Å². The summed E-state index contributed by atoms with van der Waals surface area (Å²) in [5.41, 5.74) is 0.598. The van der Waals surface area contributed by atoms with Gasteiger partial charge >= 0.3 is 0 Å². The molecule has 120 valence electrons. The Morgan fingerprint density at radius 2 is 1.95 bits per heavy atom. The molecule has 22 heavy (non-hydrogen) atoms. The van der Waals surface area contributed by atoms with Crippen LogP contribution in [-0.4, -0.2) is 54.1 Å². The second-order valence-electron chi connectivity index (χ2n) is 5.83. The van der Waals surface area contributed by atoms with Crippen LogP contribution in [0.25, 0.3) is 0 Å². The van der Waals surface area contributed by atoms with Crippen LogP contribution in [0.1, 0.15) is 12.8 Å². The predicted octanol–water partition coefficient (Wildman–Crippen LogP) is 1.26. The number of aliphatic hydroxyl groups excluding tert-OH is 1. The molecule has 1 unspecified atom stereocenters. The molecule has 1 aliphatic carbocycles. The Balaban J connectivity index is 1.88. The zero-order valence-corrected chi connectivity index (χ0v) is 12.8. The molecule has 0 heterocycles. The topological polar surface area (TPSA) is 86.9 Å². The van der Waals surface area contributed by atoms with E-state index in [1.807, 2.05) is 0 Å². The monoisotopic (exact) mass is 307 g/mol. The van der Waals surface area contributed by atoms with Crippen LogP contribution in [-0.2, 0) is 4.79 Å². The Labute approximate surface area is 129 Å². The highest BCUT2D eigenvalue weighted by atomic mass is 16.6. The van der Waals surface area contributed by atoms with Gasteiger partial charge in [0, 0.05) is 31.4 Å². The van der Waals surface area contributed by atoms with E-state index < -0.39 is 4.92 Å². The number of benzene rings is 1. The largest absolute Gasteiger partial charge is 0.392 e. The first kappa shape index (κ1) is 16.4. The van der Waals surface area contributed by atoms with Crippen LogP contribution in [0.4, 0.5) is 11.4 Å². The van der Waals surface area contributed by atoms with Crippen molar-refractivity contribution in [3.05, 3.63) is 34.4 Å². The molecule has 7 heteroatoms. The number of amides is 1. The second-order valence-corrected chi connectivity index (χ2v) is 5.83. The van der Waals surface area contributed by atoms with Crippen LogP contribution >= 0.6 is 0 Å². The molecule has 1 aromatic rings. The SMILES string of the molecule is CN(CC(=O)N(C)c1ccc([N+](=O)[O-])cc1)CC(O)C1CC1. The maximum Gasteiger partial charge on any atom is 0.269 e. The molecule has 1 saturated carbocycles. The maximum atomic E-state index is 12.2. The predicted molar refractivity (Wildman–Crippen MR) is 82.7 cm³/mol. The third-order valence-corrected chi connectivity index (χ3v) is 3.89. The van der Waals surface area contributed by atoms with Gasteiger partial charge in [-0.2, -0.15) is 0 Å². The molecule has 0 spiro atoms. The minimum absolute atomic E-state index is 0.00530. The number of carbonyl (C=O) groups is 1. The van der Waals surface area contributed by atoms with Crippen molar-refractivity contribution >= 4 is 17.3 Å². The fourth-order valence-corrected chi connectivity index (χ4v) is 2.29. The highest BCUT2D eigenvalue weighted by molar-refractivity contribution is 5.94. The van der Waals surface area contributed by atoms with E-state index >= 15 is 0 Å². The molecule has 0 aromatic heterocycles. The summed E-state index contributed by atoms with van der Waals surface area (Å²) in [4.78, 5) is 25.6. The van der Waals surface area contributed by atoms with Gasteiger partial charge in [-0.3, -0.25) is 19.8 Å². The van der Waals surface area contributed by atoms with Gasteiger partial charge in [0.2, 0.25) is 5.91 Å². The van der Waals surface area contributed by atoms with Crippen molar-refractivity contribution in [2.24, 2.45) is 5.92 Å². The van der Waals surface area contributed by atoms with Gasteiger partial charge in [0.1, 0.15) is 0 Å². The molecule has 1 fully saturated rings. The summed E-state index contributed by atoms with van der Waals surface area (Å²) in [7, 11) is 3.43. The van der Waals surface area contributed by atoms with Crippen LogP contribution in [0.3, 0.4) is 0 Å². The number of hydrogen-bond acceptors (Lipinski definition) is 5. The average Bonchev–Trinajstić information content (AvgIpc) is 3.30. The number of nitro benzene ring substituents is 1. The first-order chi connectivity index (χ1) is 10.4. The number of nitrogens with zero attached hydrogens (tertiary/aromatic N) is 3. The molecule has 0 radical (unpaired) electrons. The maximum absolute atomic E-state index is 12.2. The first-order valence-electron chi connectivity index (χ1n) is 7.26. The Kier molecular flexibility index (Phi) is 5.10. The fraction of sp³-hybridized carbons (Fsp3) is 0.533. The number of aliphatic hydroxyl groups is 1. The third kappa shape index (κ3) is 4.25. The van der Waals surface area contributed by atoms with Gasteiger partial charge in [-0.1, -0.05) is 0 Å². The quantitative estimate of drug-likeness (QED) is 0.605. The molecule has 2 rings (SSSR count). The van der Waals surface area contributed by atoms with E-state index in [1.54, 1.807) is 31.1 Å². The Morgan fingerprint density at radius 3 is 2.45 bits per heavy atom. The van der Waals surface area contributed by atoms with Crippen LogP contribution in [0, 0.1) is 16.0 Å². The number of nitro groups is 1. The van der Waals surface area contributed by atoms with E-state index in [2.05, 4.69) is 0 Å². The summed E-state index contributed by atoms with van der Waals surface area (Å²) in [5, 5.41) is 20.5. The van der Waals surface area contributed by atoms with Crippen molar-refractivity contribution < 1.29 is 14.8 Å². The van der Waals surface area contributed by atoms with Gasteiger partial charge in [0.05, 0.1) is 17.6 Å². The smallest absolute Gasteiger partial charge is 0.269 e. The van der Waals surface area contributed by atoms with Gasteiger partial charge in [0.15, 0.2) is 0 Å². The molecule has 0 saturated heterocycles. The highest BCUT2D eigenvalue weighted by Crippen LogP contribution is 2.32. The van der Waals surface area contributed by atoms with E-state index in [9.17, 15) is 20.0 Å². The van der Waals surface area contributed by atoms with Gasteiger partial charge in [-0.15, -0.1) is 0 Å². The van der Waals surface area contributed by atoms with Crippen molar-refractivity contribution in [3.63, 3.8) is 0 Å². The molecule has 1 atom stereocenters. The summed E-state index contributed by atoms with van der Waals surface area (Å²) >= 11 is 0. The van der Waals surface area contributed by atoms with Crippen LogP contribution in [0.5, 0.6) is 0 Å². The average molecular weight is 307 g/mol. The van der Waals surface area contributed by atoms with Gasteiger partial charge < -0.3 is 10.0 Å². The molecular weight excluding hydrogens is 286 g/mol. The van der Waals surface area contributed by atoms with Gasteiger partial charge in [0.25, 0.3) is 5.69 Å². The van der Waals surface area contributed by atoms with E-state index in [4.69, 9.17) is 0 Å². The standard InChI is InChI=1S/C15H21N3O4/c1-16(9-14(19)11-3-4-11)10-15(20)17(2)12-5-7-13(8-6-12)18(21)22/h5-8,11,14,19H,3-4,9-10H2,1-2H3. The molecule has 1 N–H and O–H groups in total. The first-order valence-corrected chi connectivity index (χ1v) is 7.26. The van der Waals surface area contributed by atoms with Crippen LogP contribution in [0.15, 0.2) is 24.3 Å². The van der Waals surface area contributed by atoms with E-state index in [-0.39, 0.29) is 24.2 Å². The zero-order valence-electron chi connectivity index (χ0n) is 12.8. The van der Waals surface area contributed by atoms with Crippen molar-refractivity contribution in [2.45, 2.75) is 18.9 Å². The normalized spacial score (nSPS) is 15.6. The Morgan fingerprint density at radius 1 is 1.36 bits per heavy atom. The van der Waals surface area contributed by atoms with Crippen molar-refractivity contribution in [1.29, 1.82) is 0 Å². The number of hydrogen-bond donors (Lipinski definition) is 1. The number of carbonyl (C=O) groups excluding carboxylic acids is 1.